The lowest BCUT2D eigenvalue weighted by Gasteiger charge is -2.08. The van der Waals surface area contributed by atoms with E-state index >= 15 is 0 Å². The number of halogens is 4. The molecule has 0 fully saturated rings. The Morgan fingerprint density at radius 3 is 2.39 bits per heavy atom. The van der Waals surface area contributed by atoms with E-state index in [0.29, 0.717) is 0 Å². The molecule has 0 radical (unpaired) electrons. The van der Waals surface area contributed by atoms with Crippen molar-refractivity contribution in [1.82, 2.24) is 0 Å². The molecular formula is C9H6F4NO4+. The number of hydrogen-bond donors (Lipinski definition) is 0. The topological polar surface area (TPSA) is 73.8 Å². The number of ether oxygens (including phenoxy) is 1. The largest absolute Gasteiger partial charge is 0.524 e. The number of hydrogen-bond acceptors (Lipinski definition) is 3. The summed E-state index contributed by atoms with van der Waals surface area (Å²) in [5.74, 6) is -2.79. The van der Waals surface area contributed by atoms with Crippen molar-refractivity contribution in [1.29, 1.82) is 0 Å². The van der Waals surface area contributed by atoms with Crippen molar-refractivity contribution in [3.8, 4) is 0 Å². The van der Waals surface area contributed by atoms with Crippen LogP contribution < -0.4 is 0 Å². The van der Waals surface area contributed by atoms with Gasteiger partial charge in [0.1, 0.15) is 5.82 Å². The van der Waals surface area contributed by atoms with E-state index in [9.17, 15) is 27.7 Å². The predicted molar refractivity (Wildman–Crippen MR) is 51.1 cm³/mol. The molecule has 0 spiro atoms. The van der Waals surface area contributed by atoms with Crippen LogP contribution in [0.5, 0.6) is 0 Å². The molecule has 1 N–H and O–H groups in total. The zero-order chi connectivity index (χ0) is 14.1. The Bertz CT molecular complexity index is 512. The van der Waals surface area contributed by atoms with E-state index in [-0.39, 0.29) is 12.1 Å². The molecule has 0 saturated carbocycles. The van der Waals surface area contributed by atoms with Crippen LogP contribution >= 0.6 is 0 Å². The van der Waals surface area contributed by atoms with Crippen LogP contribution in [0.25, 0.3) is 0 Å². The van der Waals surface area contributed by atoms with Gasteiger partial charge in [-0.1, -0.05) is 0 Å². The molecule has 98 valence electrons. The minimum absolute atomic E-state index is 0.0000926. The molecule has 5 nitrogen and oxygen atoms in total. The van der Waals surface area contributed by atoms with E-state index in [0.717, 1.165) is 7.11 Å². The molecule has 1 aromatic rings. The zero-order valence-corrected chi connectivity index (χ0v) is 8.79. The molecule has 0 aromatic heterocycles. The predicted octanol–water partition coefficient (Wildman–Crippen LogP) is 2.25. The summed E-state index contributed by atoms with van der Waals surface area (Å²) in [6.45, 7) is 0. The highest BCUT2D eigenvalue weighted by atomic mass is 19.4. The number of alkyl halides is 3. The standard InChI is InChI=1S/C9H5F4NO4/c1-18-8(15)4-2-6(10)5(9(11,12)13)3-7(4)14(16)17/h2-3H,1H3/p+1. The maximum Gasteiger partial charge on any atom is 0.524 e. The molecule has 0 aliphatic rings. The van der Waals surface area contributed by atoms with Gasteiger partial charge >= 0.3 is 12.1 Å². The van der Waals surface area contributed by atoms with E-state index in [1.807, 2.05) is 0 Å². The van der Waals surface area contributed by atoms with Crippen LogP contribution in [0, 0.1) is 15.9 Å². The molecule has 9 heteroatoms. The van der Waals surface area contributed by atoms with Gasteiger partial charge in [-0.2, -0.15) is 13.2 Å². The molecule has 0 unspecified atom stereocenters. The summed E-state index contributed by atoms with van der Waals surface area (Å²) >= 11 is 0. The summed E-state index contributed by atoms with van der Waals surface area (Å²) in [5, 5.41) is 10.6. The number of nitro groups is 1. The first-order valence-electron chi connectivity index (χ1n) is 4.34. The first-order chi connectivity index (χ1) is 8.18. The van der Waals surface area contributed by atoms with Gasteiger partial charge in [0, 0.05) is 12.1 Å². The minimum atomic E-state index is -5.07. The highest BCUT2D eigenvalue weighted by Crippen LogP contribution is 2.35. The second-order valence-electron chi connectivity index (χ2n) is 3.11. The fourth-order valence-electron chi connectivity index (χ4n) is 1.21. The molecule has 0 heterocycles. The lowest BCUT2D eigenvalue weighted by molar-refractivity contribution is -0.385. The monoisotopic (exact) mass is 268 g/mol. The van der Waals surface area contributed by atoms with Gasteiger partial charge in [0.25, 0.3) is 5.69 Å². The third kappa shape index (κ3) is 2.55. The zero-order valence-electron chi connectivity index (χ0n) is 8.79. The molecule has 0 amide bonds. The van der Waals surface area contributed by atoms with Crippen LogP contribution in [-0.2, 0) is 10.9 Å². The van der Waals surface area contributed by atoms with Crippen molar-refractivity contribution < 1.29 is 32.0 Å². The molecule has 1 rings (SSSR count). The summed E-state index contributed by atoms with van der Waals surface area (Å²) in [7, 11) is 0.925. The molecule has 0 aliphatic carbocycles. The molecule has 18 heavy (non-hydrogen) atoms. The average molecular weight is 268 g/mol. The average Bonchev–Trinajstić information content (AvgIpc) is 2.25. The lowest BCUT2D eigenvalue weighted by atomic mass is 10.1. The summed E-state index contributed by atoms with van der Waals surface area (Å²) in [6, 6.07) is 0.194. The first kappa shape index (κ1) is 13.9. The van der Waals surface area contributed by atoms with Crippen LogP contribution in [0.2, 0.25) is 0 Å². The van der Waals surface area contributed by atoms with Crippen molar-refractivity contribution in [2.45, 2.75) is 6.18 Å². The van der Waals surface area contributed by atoms with Crippen molar-refractivity contribution in [3.63, 3.8) is 0 Å². The van der Waals surface area contributed by atoms with Crippen molar-refractivity contribution in [2.24, 2.45) is 0 Å². The molecule has 1 aromatic carbocycles. The van der Waals surface area contributed by atoms with Crippen LogP contribution in [0.4, 0.5) is 23.2 Å². The van der Waals surface area contributed by atoms with Gasteiger partial charge in [-0.05, 0) is 0 Å². The van der Waals surface area contributed by atoms with Crippen molar-refractivity contribution in [2.75, 3.05) is 7.11 Å². The van der Waals surface area contributed by atoms with E-state index in [2.05, 4.69) is 4.74 Å². The van der Waals surface area contributed by atoms with Crippen LogP contribution in [0.1, 0.15) is 11.1 Å². The Balaban J connectivity index is 3.54. The number of carbonyl (C=O) groups excluding carboxylic acids is 1. The number of rotatable bonds is 2. The quantitative estimate of drug-likeness (QED) is 0.271. The molecule has 0 aliphatic heterocycles. The Morgan fingerprint density at radius 2 is 2.00 bits per heavy atom. The fraction of sp³-hybridized carbons (Fsp3) is 0.222. The molecule has 0 bridgehead atoms. The van der Waals surface area contributed by atoms with Gasteiger partial charge in [0.15, 0.2) is 7.11 Å². The number of nitro benzene ring substituents is 1. The second-order valence-corrected chi connectivity index (χ2v) is 3.11. The smallest absolute Gasteiger partial charge is 0.335 e. The van der Waals surface area contributed by atoms with E-state index < -0.39 is 39.7 Å². The lowest BCUT2D eigenvalue weighted by Crippen LogP contribution is -2.13. The third-order valence-electron chi connectivity index (χ3n) is 2.01. The van der Waals surface area contributed by atoms with Crippen LogP contribution in [0.3, 0.4) is 0 Å². The van der Waals surface area contributed by atoms with Gasteiger partial charge in [-0.15, -0.1) is 0 Å². The summed E-state index contributed by atoms with van der Waals surface area (Å²) in [4.78, 5) is 18.5. The number of esters is 1. The summed E-state index contributed by atoms with van der Waals surface area (Å²) in [6.07, 6.45) is -5.07. The Morgan fingerprint density at radius 1 is 1.44 bits per heavy atom. The second kappa shape index (κ2) is 4.59. The Labute approximate surface area is 97.1 Å². The minimum Gasteiger partial charge on any atom is -0.335 e. The fourth-order valence-corrected chi connectivity index (χ4v) is 1.21. The normalized spacial score (nSPS) is 11.2. The maximum absolute atomic E-state index is 13.2. The first-order valence-corrected chi connectivity index (χ1v) is 4.34. The van der Waals surface area contributed by atoms with Crippen molar-refractivity contribution in [3.05, 3.63) is 39.2 Å². The van der Waals surface area contributed by atoms with Gasteiger partial charge in [0.05, 0.1) is 10.5 Å². The molecule has 0 saturated heterocycles. The van der Waals surface area contributed by atoms with Gasteiger partial charge in [-0.3, -0.25) is 10.1 Å². The Hall–Kier alpha value is -2.19. The van der Waals surface area contributed by atoms with E-state index in [1.165, 1.54) is 0 Å². The number of benzene rings is 1. The highest BCUT2D eigenvalue weighted by molar-refractivity contribution is 5.94. The summed E-state index contributed by atoms with van der Waals surface area (Å²) in [5.41, 5.74) is -3.67. The molecular weight excluding hydrogens is 262 g/mol. The van der Waals surface area contributed by atoms with Crippen molar-refractivity contribution >= 4 is 11.7 Å². The Kier molecular flexibility index (Phi) is 3.54. The highest BCUT2D eigenvalue weighted by Gasteiger charge is 2.39. The number of nitrogens with zero attached hydrogens (tertiary/aromatic N) is 1. The number of methoxy groups -OCH3 is 1. The van der Waals surface area contributed by atoms with E-state index in [4.69, 9.17) is 4.79 Å². The summed E-state index contributed by atoms with van der Waals surface area (Å²) < 4.78 is 54.4. The van der Waals surface area contributed by atoms with Crippen LogP contribution in [0.15, 0.2) is 12.1 Å². The maximum atomic E-state index is 13.2. The van der Waals surface area contributed by atoms with Gasteiger partial charge in [0.2, 0.25) is 5.56 Å². The SMILES string of the molecule is COC(=[OH+])c1cc(F)c(C(F)(F)F)cc1[N+](=O)[O-]. The van der Waals surface area contributed by atoms with Gasteiger partial charge in [-0.25, -0.2) is 4.39 Å². The van der Waals surface area contributed by atoms with Crippen LogP contribution in [-0.4, -0.2) is 22.8 Å². The van der Waals surface area contributed by atoms with E-state index in [1.54, 1.807) is 0 Å². The van der Waals surface area contributed by atoms with Gasteiger partial charge < -0.3 is 9.53 Å². The third-order valence-corrected chi connectivity index (χ3v) is 2.01. The molecule has 0 atom stereocenters.